The van der Waals surface area contributed by atoms with Crippen molar-refractivity contribution in [3.8, 4) is 0 Å². The van der Waals surface area contributed by atoms with Crippen molar-refractivity contribution in [2.75, 3.05) is 11.9 Å². The van der Waals surface area contributed by atoms with Crippen molar-refractivity contribution in [2.45, 2.75) is 57.9 Å². The number of anilines is 2. The average Bonchev–Trinajstić information content (AvgIpc) is 3.66. The summed E-state index contributed by atoms with van der Waals surface area (Å²) in [6.45, 7) is 3.50. The number of ether oxygens (including phenoxy) is 1. The van der Waals surface area contributed by atoms with Crippen LogP contribution in [0.15, 0.2) is 73.1 Å². The van der Waals surface area contributed by atoms with E-state index in [1.165, 1.54) is 11.1 Å². The summed E-state index contributed by atoms with van der Waals surface area (Å²) in [4.78, 5) is 17.5. The summed E-state index contributed by atoms with van der Waals surface area (Å²) in [5, 5.41) is 4.54. The Balaban J connectivity index is 1.30. The van der Waals surface area contributed by atoms with Crippen LogP contribution in [0.4, 0.5) is 11.5 Å². The second kappa shape index (κ2) is 10.8. The smallest absolute Gasteiger partial charge is 0.341 e. The Morgan fingerprint density at radius 3 is 2.74 bits per heavy atom. The van der Waals surface area contributed by atoms with Gasteiger partial charge in [0.25, 0.3) is 0 Å². The zero-order valence-corrected chi connectivity index (χ0v) is 20.4. The maximum absolute atomic E-state index is 12.8. The first-order chi connectivity index (χ1) is 17.2. The van der Waals surface area contributed by atoms with Crippen LogP contribution in [0.25, 0.3) is 10.9 Å². The molecule has 1 fully saturated rings. The fraction of sp³-hybridized carbons (Fsp3) is 0.333. The molecule has 35 heavy (non-hydrogen) atoms. The lowest BCUT2D eigenvalue weighted by molar-refractivity contribution is 0.0500. The number of nitrogens with one attached hydrogen (secondary N) is 1. The zero-order valence-electron chi connectivity index (χ0n) is 20.4. The van der Waals surface area contributed by atoms with Crippen LogP contribution in [0.5, 0.6) is 0 Å². The van der Waals surface area contributed by atoms with E-state index >= 15 is 0 Å². The van der Waals surface area contributed by atoms with Crippen LogP contribution < -0.4 is 5.32 Å². The van der Waals surface area contributed by atoms with Gasteiger partial charge in [0, 0.05) is 35.5 Å². The molecule has 1 aliphatic carbocycles. The molecule has 2 aromatic carbocycles. The van der Waals surface area contributed by atoms with Gasteiger partial charge in [0.05, 0.1) is 6.61 Å². The molecule has 0 radical (unpaired) electrons. The number of aromatic nitrogens is 2. The Bertz CT molecular complexity index is 1290. The maximum Gasteiger partial charge on any atom is 0.341 e. The minimum absolute atomic E-state index is 0.304. The van der Waals surface area contributed by atoms with Crippen LogP contribution in [-0.2, 0) is 17.7 Å². The molecule has 2 heterocycles. The van der Waals surface area contributed by atoms with Gasteiger partial charge >= 0.3 is 5.97 Å². The second-order valence-electron chi connectivity index (χ2n) is 9.43. The molecule has 2 aromatic heterocycles. The third kappa shape index (κ3) is 5.73. The summed E-state index contributed by atoms with van der Waals surface area (Å²) in [5.74, 6) is 0.774. The van der Waals surface area contributed by atoms with Crippen LogP contribution in [0.3, 0.4) is 0 Å². The van der Waals surface area contributed by atoms with E-state index in [2.05, 4.69) is 82.6 Å². The van der Waals surface area contributed by atoms with Gasteiger partial charge in [0.2, 0.25) is 0 Å². The molecule has 0 atom stereocenters. The molecule has 5 heteroatoms. The van der Waals surface area contributed by atoms with Crippen molar-refractivity contribution >= 4 is 28.4 Å². The number of pyridine rings is 1. The summed E-state index contributed by atoms with van der Waals surface area (Å²) in [6.07, 6.45) is 10.4. The molecular weight excluding hydrogens is 434 g/mol. The van der Waals surface area contributed by atoms with E-state index < -0.39 is 0 Å². The SMILES string of the molecule is CCCCOC(=O)c1cc(C2CC2)cnc1Nc1ccc2c(ccn2CCCc2ccccc2)c1. The molecule has 1 saturated carbocycles. The number of carbonyl (C=O) groups excluding carboxylic acids is 1. The van der Waals surface area contributed by atoms with Crippen molar-refractivity contribution in [1.82, 2.24) is 9.55 Å². The highest BCUT2D eigenvalue weighted by Crippen LogP contribution is 2.40. The first-order valence-corrected chi connectivity index (χ1v) is 12.8. The Hall–Kier alpha value is -3.60. The van der Waals surface area contributed by atoms with E-state index in [1.54, 1.807) is 0 Å². The van der Waals surface area contributed by atoms with Crippen LogP contribution in [-0.4, -0.2) is 22.1 Å². The molecule has 4 aromatic rings. The number of rotatable bonds is 11. The summed E-state index contributed by atoms with van der Waals surface area (Å²) < 4.78 is 7.83. The Morgan fingerprint density at radius 2 is 1.94 bits per heavy atom. The lowest BCUT2D eigenvalue weighted by atomic mass is 10.1. The molecule has 1 N–H and O–H groups in total. The molecule has 0 saturated heterocycles. The van der Waals surface area contributed by atoms with E-state index in [0.29, 0.717) is 23.9 Å². The number of esters is 1. The monoisotopic (exact) mass is 467 g/mol. The minimum atomic E-state index is -0.304. The standard InChI is InChI=1S/C30H33N3O2/c1-2-3-18-35-30(34)27-20-25(23-11-12-23)21-31-29(27)32-26-13-14-28-24(19-26)15-17-33(28)16-7-10-22-8-5-4-6-9-22/h4-6,8-9,13-15,17,19-21,23H,2-3,7,10-12,16,18H2,1H3,(H,31,32). The van der Waals surface area contributed by atoms with Crippen molar-refractivity contribution < 1.29 is 9.53 Å². The molecule has 0 spiro atoms. The van der Waals surface area contributed by atoms with Crippen molar-refractivity contribution in [2.24, 2.45) is 0 Å². The largest absolute Gasteiger partial charge is 0.462 e. The van der Waals surface area contributed by atoms with E-state index in [-0.39, 0.29) is 5.97 Å². The second-order valence-corrected chi connectivity index (χ2v) is 9.43. The Kier molecular flexibility index (Phi) is 7.12. The van der Waals surface area contributed by atoms with E-state index in [1.807, 2.05) is 12.3 Å². The zero-order chi connectivity index (χ0) is 24.0. The van der Waals surface area contributed by atoms with Gasteiger partial charge in [0.15, 0.2) is 0 Å². The van der Waals surface area contributed by atoms with Crippen molar-refractivity contribution in [3.05, 3.63) is 89.7 Å². The average molecular weight is 468 g/mol. The van der Waals surface area contributed by atoms with Gasteiger partial charge in [-0.3, -0.25) is 0 Å². The summed E-state index contributed by atoms with van der Waals surface area (Å²) >= 11 is 0. The van der Waals surface area contributed by atoms with Gasteiger partial charge in [0.1, 0.15) is 11.4 Å². The quantitative estimate of drug-likeness (QED) is 0.186. The number of hydrogen-bond acceptors (Lipinski definition) is 4. The van der Waals surface area contributed by atoms with E-state index in [0.717, 1.165) is 61.7 Å². The highest BCUT2D eigenvalue weighted by Gasteiger charge is 2.26. The summed E-state index contributed by atoms with van der Waals surface area (Å²) in [6, 6.07) is 21.0. The molecule has 0 aliphatic heterocycles. The van der Waals surface area contributed by atoms with Crippen LogP contribution in [0.1, 0.15) is 66.4 Å². The predicted molar refractivity (Wildman–Crippen MR) is 141 cm³/mol. The topological polar surface area (TPSA) is 56.1 Å². The highest BCUT2D eigenvalue weighted by molar-refractivity contribution is 5.96. The molecule has 5 rings (SSSR count). The number of nitrogens with zero attached hydrogens (tertiary/aromatic N) is 2. The first-order valence-electron chi connectivity index (χ1n) is 12.8. The normalized spacial score (nSPS) is 13.2. The fourth-order valence-electron chi connectivity index (χ4n) is 4.47. The van der Waals surface area contributed by atoms with Gasteiger partial charge in [-0.25, -0.2) is 9.78 Å². The van der Waals surface area contributed by atoms with Crippen molar-refractivity contribution in [1.29, 1.82) is 0 Å². The molecule has 0 unspecified atom stereocenters. The highest BCUT2D eigenvalue weighted by atomic mass is 16.5. The van der Waals surface area contributed by atoms with Gasteiger partial charge in [-0.2, -0.15) is 0 Å². The number of aryl methyl sites for hydroxylation is 2. The number of fused-ring (bicyclic) bond motifs is 1. The van der Waals surface area contributed by atoms with Gasteiger partial charge in [-0.05, 0) is 79.5 Å². The molecule has 0 amide bonds. The Morgan fingerprint density at radius 1 is 1.09 bits per heavy atom. The third-order valence-corrected chi connectivity index (χ3v) is 6.65. The molecular formula is C30H33N3O2. The molecule has 1 aliphatic rings. The predicted octanol–water partition coefficient (Wildman–Crippen LogP) is 7.25. The van der Waals surface area contributed by atoms with Gasteiger partial charge in [-0.15, -0.1) is 0 Å². The van der Waals surface area contributed by atoms with Crippen LogP contribution in [0, 0.1) is 0 Å². The van der Waals surface area contributed by atoms with Crippen LogP contribution >= 0.6 is 0 Å². The number of unbranched alkanes of at least 4 members (excludes halogenated alkanes) is 1. The number of hydrogen-bond donors (Lipinski definition) is 1. The summed E-state index contributed by atoms with van der Waals surface area (Å²) in [5.41, 5.74) is 5.14. The van der Waals surface area contributed by atoms with Crippen molar-refractivity contribution in [3.63, 3.8) is 0 Å². The molecule has 5 nitrogen and oxygen atoms in total. The lowest BCUT2D eigenvalue weighted by Crippen LogP contribution is -2.11. The lowest BCUT2D eigenvalue weighted by Gasteiger charge is -2.13. The number of carbonyl (C=O) groups is 1. The molecule has 180 valence electrons. The number of benzene rings is 2. The first kappa shape index (κ1) is 23.2. The van der Waals surface area contributed by atoms with E-state index in [4.69, 9.17) is 4.74 Å². The third-order valence-electron chi connectivity index (χ3n) is 6.65. The molecule has 0 bridgehead atoms. The summed E-state index contributed by atoms with van der Waals surface area (Å²) in [7, 11) is 0. The van der Waals surface area contributed by atoms with E-state index in [9.17, 15) is 4.79 Å². The van der Waals surface area contributed by atoms with Gasteiger partial charge < -0.3 is 14.6 Å². The minimum Gasteiger partial charge on any atom is -0.462 e. The van der Waals surface area contributed by atoms with Gasteiger partial charge in [-0.1, -0.05) is 43.7 Å². The Labute approximate surface area is 207 Å². The maximum atomic E-state index is 12.8. The van der Waals surface area contributed by atoms with Crippen LogP contribution in [0.2, 0.25) is 0 Å². The fourth-order valence-corrected chi connectivity index (χ4v) is 4.47.